The van der Waals surface area contributed by atoms with E-state index in [1.54, 1.807) is 11.9 Å². The second kappa shape index (κ2) is 4.29. The molecule has 1 atom stereocenters. The van der Waals surface area contributed by atoms with Gasteiger partial charge >= 0.3 is 0 Å². The molecule has 1 saturated carbocycles. The Bertz CT molecular complexity index is 308. The number of fused-ring (bicyclic) bond motifs is 1. The van der Waals surface area contributed by atoms with Crippen molar-refractivity contribution in [2.24, 2.45) is 5.92 Å². The molecule has 14 heavy (non-hydrogen) atoms. The maximum atomic E-state index is 5.48. The Balaban J connectivity index is 2.30. The molecule has 1 fully saturated rings. The Labute approximate surface area is 100 Å². The maximum Gasteiger partial charge on any atom is 0.116 e. The van der Waals surface area contributed by atoms with E-state index in [-0.39, 0.29) is 0 Å². The third kappa shape index (κ3) is 1.75. The van der Waals surface area contributed by atoms with E-state index in [0.29, 0.717) is 5.92 Å². The highest BCUT2D eigenvalue weighted by molar-refractivity contribution is 7.99. The largest absolute Gasteiger partial charge is 0.268 e. The minimum Gasteiger partial charge on any atom is -0.268 e. The van der Waals surface area contributed by atoms with Gasteiger partial charge in [-0.25, -0.2) is 0 Å². The zero-order valence-electron chi connectivity index (χ0n) is 8.16. The fraction of sp³-hybridized carbons (Fsp3) is 0.600. The van der Waals surface area contributed by atoms with Gasteiger partial charge in [-0.2, -0.15) is 0 Å². The highest BCUT2D eigenvalue weighted by Crippen LogP contribution is 2.36. The van der Waals surface area contributed by atoms with Gasteiger partial charge < -0.3 is 0 Å². The van der Waals surface area contributed by atoms with Crippen molar-refractivity contribution in [1.29, 1.82) is 0 Å². The molecule has 0 bridgehead atoms. The number of nitrogens with zero attached hydrogens (tertiary/aromatic N) is 1. The van der Waals surface area contributed by atoms with Crippen molar-refractivity contribution in [1.82, 2.24) is 4.31 Å². The molecule has 0 N–H and O–H groups in total. The molecule has 2 rings (SSSR count). The van der Waals surface area contributed by atoms with E-state index >= 15 is 0 Å². The number of thiocarbonyl (C=S) groups is 2. The second-order valence-electron chi connectivity index (χ2n) is 3.67. The minimum atomic E-state index is 0.498. The van der Waals surface area contributed by atoms with E-state index < -0.39 is 0 Å². The Morgan fingerprint density at radius 1 is 1.43 bits per heavy atom. The summed E-state index contributed by atoms with van der Waals surface area (Å²) in [6.07, 6.45) is 9.19. The zero-order chi connectivity index (χ0) is 10.1. The van der Waals surface area contributed by atoms with Crippen molar-refractivity contribution in [2.45, 2.75) is 25.7 Å². The van der Waals surface area contributed by atoms with E-state index in [1.165, 1.54) is 31.3 Å². The molecule has 0 spiro atoms. The van der Waals surface area contributed by atoms with Crippen LogP contribution in [0.3, 0.4) is 0 Å². The van der Waals surface area contributed by atoms with E-state index in [4.69, 9.17) is 24.4 Å². The molecule has 1 heterocycles. The van der Waals surface area contributed by atoms with Crippen molar-refractivity contribution in [2.75, 3.05) is 6.26 Å². The summed E-state index contributed by atoms with van der Waals surface area (Å²) in [5.74, 6) is 0.498. The molecule has 2 aliphatic rings. The number of hydrogen-bond donors (Lipinski definition) is 0. The molecular formula is C10H13NS3. The van der Waals surface area contributed by atoms with Crippen LogP contribution in [0.25, 0.3) is 0 Å². The molecule has 0 radical (unpaired) electrons. The van der Waals surface area contributed by atoms with Crippen LogP contribution in [-0.4, -0.2) is 20.5 Å². The van der Waals surface area contributed by atoms with E-state index in [1.807, 2.05) is 10.6 Å². The van der Waals surface area contributed by atoms with Gasteiger partial charge in [-0.3, -0.25) is 4.31 Å². The monoisotopic (exact) mass is 243 g/mol. The topological polar surface area (TPSA) is 3.24 Å². The predicted molar refractivity (Wildman–Crippen MR) is 70.6 cm³/mol. The van der Waals surface area contributed by atoms with Crippen molar-refractivity contribution < 1.29 is 0 Å². The van der Waals surface area contributed by atoms with Crippen LogP contribution in [0.2, 0.25) is 0 Å². The summed E-state index contributed by atoms with van der Waals surface area (Å²) in [5.41, 5.74) is 1.47. The Morgan fingerprint density at radius 3 is 2.93 bits per heavy atom. The summed E-state index contributed by atoms with van der Waals surface area (Å²) in [5, 5.41) is 0. The van der Waals surface area contributed by atoms with E-state index in [9.17, 15) is 0 Å². The summed E-state index contributed by atoms with van der Waals surface area (Å²) < 4.78 is 2.02. The molecule has 0 aromatic carbocycles. The van der Waals surface area contributed by atoms with Gasteiger partial charge in [-0.15, -0.1) is 0 Å². The van der Waals surface area contributed by atoms with Gasteiger partial charge in [-0.1, -0.05) is 36.4 Å². The van der Waals surface area contributed by atoms with Crippen LogP contribution >= 0.6 is 36.4 Å². The third-order valence-electron chi connectivity index (χ3n) is 2.85. The summed E-state index contributed by atoms with van der Waals surface area (Å²) in [7, 11) is 0. The average Bonchev–Trinajstić information content (AvgIpc) is 2.18. The molecule has 4 heteroatoms. The molecular weight excluding hydrogens is 230 g/mol. The third-order valence-corrected chi connectivity index (χ3v) is 4.60. The molecule has 1 aliphatic heterocycles. The number of rotatable bonds is 1. The first-order valence-corrected chi connectivity index (χ1v) is 6.86. The lowest BCUT2D eigenvalue weighted by atomic mass is 9.82. The fourth-order valence-corrected chi connectivity index (χ4v) is 3.80. The van der Waals surface area contributed by atoms with Crippen LogP contribution < -0.4 is 0 Å². The second-order valence-corrected chi connectivity index (χ2v) is 5.24. The highest BCUT2D eigenvalue weighted by Gasteiger charge is 2.31. The smallest absolute Gasteiger partial charge is 0.116 e. The van der Waals surface area contributed by atoms with Crippen LogP contribution in [0, 0.1) is 5.92 Å². The van der Waals surface area contributed by atoms with Gasteiger partial charge in [0.15, 0.2) is 0 Å². The lowest BCUT2D eigenvalue weighted by Gasteiger charge is -2.36. The van der Waals surface area contributed by atoms with Gasteiger partial charge in [0.2, 0.25) is 0 Å². The van der Waals surface area contributed by atoms with E-state index in [2.05, 4.69) is 6.08 Å². The van der Waals surface area contributed by atoms with Gasteiger partial charge in [-0.05, 0) is 37.3 Å². The lowest BCUT2D eigenvalue weighted by Crippen LogP contribution is -2.38. The summed E-state index contributed by atoms with van der Waals surface area (Å²) in [6, 6.07) is 0. The number of hydrogen-bond acceptors (Lipinski definition) is 3. The summed E-state index contributed by atoms with van der Waals surface area (Å²) >= 11 is 12.4. The molecule has 0 aromatic rings. The van der Waals surface area contributed by atoms with Crippen molar-refractivity contribution in [3.05, 3.63) is 11.6 Å². The molecule has 1 aliphatic carbocycles. The fourth-order valence-electron chi connectivity index (χ4n) is 2.14. The zero-order valence-corrected chi connectivity index (χ0v) is 10.6. The highest BCUT2D eigenvalue weighted by atomic mass is 32.2. The van der Waals surface area contributed by atoms with Gasteiger partial charge in [0, 0.05) is 12.2 Å². The molecule has 76 valence electrons. The quantitative estimate of drug-likeness (QED) is 0.513. The maximum absolute atomic E-state index is 5.48. The SMILES string of the molecule is CSN1C(=S)C=C2CCCCC2C1=S. The Kier molecular flexibility index (Phi) is 3.24. The van der Waals surface area contributed by atoms with Crippen molar-refractivity contribution >= 4 is 46.4 Å². The molecule has 0 saturated heterocycles. The van der Waals surface area contributed by atoms with Crippen LogP contribution in [-0.2, 0) is 0 Å². The average molecular weight is 243 g/mol. The van der Waals surface area contributed by atoms with Crippen LogP contribution in [0.5, 0.6) is 0 Å². The molecule has 1 nitrogen and oxygen atoms in total. The minimum absolute atomic E-state index is 0.498. The molecule has 0 aromatic heterocycles. The summed E-state index contributed by atoms with van der Waals surface area (Å²) in [4.78, 5) is 1.91. The lowest BCUT2D eigenvalue weighted by molar-refractivity contribution is 0.527. The van der Waals surface area contributed by atoms with Crippen LogP contribution in [0.1, 0.15) is 25.7 Å². The van der Waals surface area contributed by atoms with Gasteiger partial charge in [0.1, 0.15) is 9.98 Å². The van der Waals surface area contributed by atoms with Gasteiger partial charge in [0.25, 0.3) is 0 Å². The van der Waals surface area contributed by atoms with E-state index in [0.717, 1.165) is 9.98 Å². The Hall–Kier alpha value is 0.0700. The van der Waals surface area contributed by atoms with Crippen molar-refractivity contribution in [3.63, 3.8) is 0 Å². The molecule has 0 amide bonds. The van der Waals surface area contributed by atoms with Crippen molar-refractivity contribution in [3.8, 4) is 0 Å². The Morgan fingerprint density at radius 2 is 2.21 bits per heavy atom. The first-order chi connectivity index (χ1) is 6.74. The summed E-state index contributed by atoms with van der Waals surface area (Å²) in [6.45, 7) is 0. The standard InChI is InChI=1S/C10H13NS3/c1-14-11-9(12)6-7-4-2-3-5-8(7)10(11)13/h6,8H,2-5H2,1H3. The normalized spacial score (nSPS) is 27.4. The van der Waals surface area contributed by atoms with Crippen LogP contribution in [0.15, 0.2) is 11.6 Å². The predicted octanol–water partition coefficient (Wildman–Crippen LogP) is 3.35. The molecule has 1 unspecified atom stereocenters. The first kappa shape index (κ1) is 10.6. The first-order valence-electron chi connectivity index (χ1n) is 4.86. The van der Waals surface area contributed by atoms with Crippen LogP contribution in [0.4, 0.5) is 0 Å². The van der Waals surface area contributed by atoms with Gasteiger partial charge in [0.05, 0.1) is 0 Å².